The lowest BCUT2D eigenvalue weighted by molar-refractivity contribution is -0.150. The van der Waals surface area contributed by atoms with Crippen LogP contribution in [0.5, 0.6) is 0 Å². The number of carboxylic acids is 1. The van der Waals surface area contributed by atoms with Gasteiger partial charge in [0.25, 0.3) is 0 Å². The highest BCUT2D eigenvalue weighted by atomic mass is 16.5. The van der Waals surface area contributed by atoms with Gasteiger partial charge in [-0.3, -0.25) is 9.59 Å². The number of rotatable bonds is 41. The van der Waals surface area contributed by atoms with Crippen molar-refractivity contribution in [3.8, 4) is 0 Å². The van der Waals surface area contributed by atoms with Gasteiger partial charge in [-0.05, 0) is 109 Å². The zero-order chi connectivity index (χ0) is 41.7. The van der Waals surface area contributed by atoms with Crippen molar-refractivity contribution >= 4 is 17.8 Å². The first kappa shape index (κ1) is 53.8. The van der Waals surface area contributed by atoms with Crippen molar-refractivity contribution in [2.24, 2.45) is 5.73 Å². The van der Waals surface area contributed by atoms with Crippen LogP contribution in [-0.2, 0) is 19.1 Å². The van der Waals surface area contributed by atoms with Crippen molar-refractivity contribution in [2.45, 2.75) is 219 Å². The lowest BCUT2D eigenvalue weighted by atomic mass is 10.0. The lowest BCUT2D eigenvalue weighted by Gasteiger charge is -2.18. The van der Waals surface area contributed by atoms with Gasteiger partial charge in [0.05, 0.1) is 0 Å². The number of ether oxygens (including phenoxy) is 1. The molecular weight excluding hydrogens is 709 g/mol. The van der Waals surface area contributed by atoms with Gasteiger partial charge in [-0.25, -0.2) is 4.79 Å². The van der Waals surface area contributed by atoms with E-state index in [2.05, 4.69) is 92.1 Å². The van der Waals surface area contributed by atoms with Crippen LogP contribution >= 0.6 is 0 Å². The third-order valence-electron chi connectivity index (χ3n) is 10.0. The van der Waals surface area contributed by atoms with Crippen LogP contribution in [-0.4, -0.2) is 41.6 Å². The minimum absolute atomic E-state index is 0.00190. The van der Waals surface area contributed by atoms with E-state index >= 15 is 0 Å². The number of allylic oxidation sites excluding steroid dienone is 12. The van der Waals surface area contributed by atoms with Crippen LogP contribution in [0.1, 0.15) is 206 Å². The monoisotopic (exact) mass is 795 g/mol. The van der Waals surface area contributed by atoms with E-state index in [4.69, 9.17) is 10.5 Å². The van der Waals surface area contributed by atoms with E-state index in [-0.39, 0.29) is 18.0 Å². The Morgan fingerprint density at radius 1 is 0.526 bits per heavy atom. The molecule has 0 fully saturated rings. The van der Waals surface area contributed by atoms with Crippen LogP contribution in [0, 0.1) is 0 Å². The van der Waals surface area contributed by atoms with Crippen molar-refractivity contribution in [2.75, 3.05) is 6.54 Å². The van der Waals surface area contributed by atoms with Gasteiger partial charge in [-0.15, -0.1) is 0 Å². The minimum Gasteiger partial charge on any atom is -0.480 e. The number of amides is 1. The predicted molar refractivity (Wildman–Crippen MR) is 243 cm³/mol. The average molecular weight is 795 g/mol. The summed E-state index contributed by atoms with van der Waals surface area (Å²) in [6.45, 7) is 4.82. The standard InChI is InChI=1S/C50H86N2O5/c1-3-5-7-9-11-13-14-15-16-17-18-19-20-21-22-23-24-25-26-27-29-34-38-44-49(54)57-46(40-35-31-28-12-10-8-6-4-2)41-36-32-30-33-37-43-48(53)52-47(50(55)56)42-39-45-51/h5,7,11,13,15-16,18-19,21-22,24-25,46-47H,3-4,6,8-10,12,14,17,20,23,26-45,51H2,1-2H3,(H,52,53)(H,55,56)/b7-5-,13-11-,16-15-,19-18-,22-21-,25-24-. The third-order valence-corrected chi connectivity index (χ3v) is 10.0. The molecule has 0 bridgehead atoms. The van der Waals surface area contributed by atoms with Crippen LogP contribution < -0.4 is 11.1 Å². The topological polar surface area (TPSA) is 119 Å². The van der Waals surface area contributed by atoms with E-state index in [1.165, 1.54) is 44.9 Å². The molecule has 0 aliphatic heterocycles. The molecule has 0 aromatic heterocycles. The van der Waals surface area contributed by atoms with Crippen molar-refractivity contribution < 1.29 is 24.2 Å². The number of nitrogens with one attached hydrogen (secondary N) is 1. The van der Waals surface area contributed by atoms with Gasteiger partial charge in [0.1, 0.15) is 12.1 Å². The van der Waals surface area contributed by atoms with Crippen molar-refractivity contribution in [3.63, 3.8) is 0 Å². The molecule has 0 aromatic carbocycles. The third kappa shape index (κ3) is 40.8. The first-order valence-corrected chi connectivity index (χ1v) is 23.3. The fraction of sp³-hybridized carbons (Fsp3) is 0.700. The summed E-state index contributed by atoms with van der Waals surface area (Å²) in [5, 5.41) is 11.9. The van der Waals surface area contributed by atoms with Gasteiger partial charge >= 0.3 is 11.9 Å². The number of carboxylic acid groups (broad SMARTS) is 1. The van der Waals surface area contributed by atoms with E-state index in [0.29, 0.717) is 32.2 Å². The first-order valence-electron chi connectivity index (χ1n) is 23.3. The summed E-state index contributed by atoms with van der Waals surface area (Å²) >= 11 is 0. The second-order valence-corrected chi connectivity index (χ2v) is 15.4. The molecule has 0 saturated carbocycles. The summed E-state index contributed by atoms with van der Waals surface area (Å²) in [6.07, 6.45) is 56.7. The van der Waals surface area contributed by atoms with E-state index in [0.717, 1.165) is 122 Å². The second-order valence-electron chi connectivity index (χ2n) is 15.4. The number of hydrogen-bond donors (Lipinski definition) is 3. The molecule has 4 N–H and O–H groups in total. The number of carbonyl (C=O) groups is 3. The molecule has 0 saturated heterocycles. The molecule has 57 heavy (non-hydrogen) atoms. The molecule has 326 valence electrons. The number of aliphatic carboxylic acids is 1. The molecule has 7 nitrogen and oxygen atoms in total. The summed E-state index contributed by atoms with van der Waals surface area (Å²) in [4.78, 5) is 36.4. The maximum Gasteiger partial charge on any atom is 0.326 e. The van der Waals surface area contributed by atoms with E-state index in [1.54, 1.807) is 0 Å². The number of unbranched alkanes of at least 4 members (excludes halogenated alkanes) is 15. The SMILES string of the molecule is CC/C=C\C/C=C\C/C=C\C/C=C\C/C=C\C/C=C\CCCCCCC(=O)OC(CCCCCCCCCC)CCCCCCCC(=O)NC(CCCN)C(=O)O. The predicted octanol–water partition coefficient (Wildman–Crippen LogP) is 13.5. The molecular formula is C50H86N2O5. The Kier molecular flexibility index (Phi) is 41.5. The highest BCUT2D eigenvalue weighted by Gasteiger charge is 2.19. The molecule has 0 aliphatic rings. The molecule has 0 spiro atoms. The molecule has 0 aliphatic carbocycles. The normalized spacial score (nSPS) is 13.3. The number of nitrogens with two attached hydrogens (primary N) is 1. The fourth-order valence-corrected chi connectivity index (χ4v) is 6.57. The van der Waals surface area contributed by atoms with Gasteiger partial charge in [-0.2, -0.15) is 0 Å². The Morgan fingerprint density at radius 2 is 0.965 bits per heavy atom. The second kappa shape index (κ2) is 43.9. The lowest BCUT2D eigenvalue weighted by Crippen LogP contribution is -2.40. The maximum atomic E-state index is 12.8. The Bertz CT molecular complexity index is 1120. The Morgan fingerprint density at radius 3 is 1.46 bits per heavy atom. The molecule has 0 radical (unpaired) electrons. The molecule has 2 atom stereocenters. The summed E-state index contributed by atoms with van der Waals surface area (Å²) in [6, 6.07) is -0.860. The Balaban J connectivity index is 4.22. The Labute approximate surface area is 350 Å². The summed E-state index contributed by atoms with van der Waals surface area (Å²) in [5.74, 6) is -1.26. The highest BCUT2D eigenvalue weighted by Crippen LogP contribution is 2.19. The summed E-state index contributed by atoms with van der Waals surface area (Å²) < 4.78 is 6.03. The minimum atomic E-state index is -1.01. The zero-order valence-corrected chi connectivity index (χ0v) is 36.7. The molecule has 7 heteroatoms. The van der Waals surface area contributed by atoms with Crippen LogP contribution in [0.15, 0.2) is 72.9 Å². The van der Waals surface area contributed by atoms with Gasteiger partial charge in [-0.1, -0.05) is 164 Å². The number of hydrogen-bond acceptors (Lipinski definition) is 5. The highest BCUT2D eigenvalue weighted by molar-refractivity contribution is 5.83. The molecule has 1 amide bonds. The van der Waals surface area contributed by atoms with Crippen molar-refractivity contribution in [3.05, 3.63) is 72.9 Å². The van der Waals surface area contributed by atoms with Gasteiger partial charge in [0.2, 0.25) is 5.91 Å². The van der Waals surface area contributed by atoms with Gasteiger partial charge in [0.15, 0.2) is 0 Å². The largest absolute Gasteiger partial charge is 0.480 e. The summed E-state index contributed by atoms with van der Waals surface area (Å²) in [5.41, 5.74) is 5.48. The first-order chi connectivity index (χ1) is 27.9. The fourth-order valence-electron chi connectivity index (χ4n) is 6.57. The van der Waals surface area contributed by atoms with Gasteiger partial charge in [0, 0.05) is 12.8 Å². The zero-order valence-electron chi connectivity index (χ0n) is 36.7. The van der Waals surface area contributed by atoms with E-state index in [9.17, 15) is 19.5 Å². The summed E-state index contributed by atoms with van der Waals surface area (Å²) in [7, 11) is 0. The van der Waals surface area contributed by atoms with E-state index < -0.39 is 12.0 Å². The molecule has 2 unspecified atom stereocenters. The van der Waals surface area contributed by atoms with Crippen LogP contribution in [0.4, 0.5) is 0 Å². The van der Waals surface area contributed by atoms with Crippen molar-refractivity contribution in [1.29, 1.82) is 0 Å². The number of carbonyl (C=O) groups excluding carboxylic acids is 2. The smallest absolute Gasteiger partial charge is 0.326 e. The maximum absolute atomic E-state index is 12.8. The molecule has 0 rings (SSSR count). The van der Waals surface area contributed by atoms with Gasteiger partial charge < -0.3 is 20.9 Å². The average Bonchev–Trinajstić information content (AvgIpc) is 3.20. The quantitative estimate of drug-likeness (QED) is 0.0322. The van der Waals surface area contributed by atoms with Crippen molar-refractivity contribution in [1.82, 2.24) is 5.32 Å². The van der Waals surface area contributed by atoms with Crippen LogP contribution in [0.3, 0.4) is 0 Å². The van der Waals surface area contributed by atoms with E-state index in [1.807, 2.05) is 0 Å². The van der Waals surface area contributed by atoms with Crippen LogP contribution in [0.25, 0.3) is 0 Å². The van der Waals surface area contributed by atoms with Crippen LogP contribution in [0.2, 0.25) is 0 Å². The Hall–Kier alpha value is -3.19. The molecule has 0 aromatic rings. The number of esters is 1. The molecule has 0 heterocycles.